The smallest absolute Gasteiger partial charge is 0.270 e. The van der Waals surface area contributed by atoms with Gasteiger partial charge in [0.15, 0.2) is 0 Å². The molecule has 1 fully saturated rings. The standard InChI is InChI=1S/C24H27ClN2O/c1-3-27-22-10-9-20(25)16-21(22)17(2)23(27)24(28)26-13-11-19(12-14-26)15-18-7-5-4-6-8-18/h4-10,16,19H,3,11-15H2,1-2H3. The van der Waals surface area contributed by atoms with E-state index in [-0.39, 0.29) is 5.91 Å². The van der Waals surface area contributed by atoms with Crippen molar-refractivity contribution in [3.63, 3.8) is 0 Å². The van der Waals surface area contributed by atoms with E-state index in [1.165, 1.54) is 5.56 Å². The zero-order valence-electron chi connectivity index (χ0n) is 16.6. The Hall–Kier alpha value is -2.26. The van der Waals surface area contributed by atoms with E-state index in [9.17, 15) is 4.79 Å². The highest BCUT2D eigenvalue weighted by Gasteiger charge is 2.28. The Morgan fingerprint density at radius 1 is 1.11 bits per heavy atom. The molecule has 28 heavy (non-hydrogen) atoms. The molecule has 3 aromatic rings. The molecule has 3 nitrogen and oxygen atoms in total. The Morgan fingerprint density at radius 3 is 2.50 bits per heavy atom. The molecule has 2 aromatic carbocycles. The molecule has 4 heteroatoms. The summed E-state index contributed by atoms with van der Waals surface area (Å²) >= 11 is 6.20. The molecule has 0 unspecified atom stereocenters. The summed E-state index contributed by atoms with van der Waals surface area (Å²) in [6.45, 7) is 6.58. The van der Waals surface area contributed by atoms with Crippen LogP contribution in [0, 0.1) is 12.8 Å². The molecule has 2 heterocycles. The summed E-state index contributed by atoms with van der Waals surface area (Å²) in [5.74, 6) is 0.813. The van der Waals surface area contributed by atoms with Crippen LogP contribution >= 0.6 is 11.6 Å². The average Bonchev–Trinajstić information content (AvgIpc) is 3.00. The van der Waals surface area contributed by atoms with Crippen molar-refractivity contribution in [2.24, 2.45) is 5.92 Å². The summed E-state index contributed by atoms with van der Waals surface area (Å²) in [4.78, 5) is 15.4. The van der Waals surface area contributed by atoms with E-state index in [1.54, 1.807) is 0 Å². The van der Waals surface area contributed by atoms with Gasteiger partial charge in [0.2, 0.25) is 0 Å². The molecule has 0 N–H and O–H groups in total. The number of rotatable bonds is 4. The van der Waals surface area contributed by atoms with Gasteiger partial charge in [0.1, 0.15) is 5.69 Å². The molecule has 146 valence electrons. The average molecular weight is 395 g/mol. The minimum absolute atomic E-state index is 0.157. The number of fused-ring (bicyclic) bond motifs is 1. The summed E-state index contributed by atoms with van der Waals surface area (Å²) in [7, 11) is 0. The van der Waals surface area contributed by atoms with Gasteiger partial charge in [0.25, 0.3) is 5.91 Å². The van der Waals surface area contributed by atoms with E-state index in [0.29, 0.717) is 10.9 Å². The number of aryl methyl sites for hydroxylation is 2. The lowest BCUT2D eigenvalue weighted by Crippen LogP contribution is -2.40. The summed E-state index contributed by atoms with van der Waals surface area (Å²) in [5.41, 5.74) is 4.34. The number of hydrogen-bond acceptors (Lipinski definition) is 1. The maximum atomic E-state index is 13.4. The third-order valence-electron chi connectivity index (χ3n) is 6.07. The van der Waals surface area contributed by atoms with E-state index >= 15 is 0 Å². The normalized spacial score (nSPS) is 15.3. The number of benzene rings is 2. The van der Waals surface area contributed by atoms with E-state index in [4.69, 9.17) is 11.6 Å². The van der Waals surface area contributed by atoms with Gasteiger partial charge in [0.05, 0.1) is 0 Å². The van der Waals surface area contributed by atoms with Gasteiger partial charge >= 0.3 is 0 Å². The molecule has 0 aliphatic carbocycles. The number of piperidine rings is 1. The lowest BCUT2D eigenvalue weighted by molar-refractivity contribution is 0.0679. The molecule has 0 spiro atoms. The third-order valence-corrected chi connectivity index (χ3v) is 6.30. The maximum Gasteiger partial charge on any atom is 0.270 e. The number of halogens is 1. The third kappa shape index (κ3) is 3.56. The van der Waals surface area contributed by atoms with Crippen LogP contribution in [0.5, 0.6) is 0 Å². The summed E-state index contributed by atoms with van der Waals surface area (Å²) in [6.07, 6.45) is 3.24. The minimum atomic E-state index is 0.157. The summed E-state index contributed by atoms with van der Waals surface area (Å²) in [5, 5.41) is 1.79. The molecule has 1 aliphatic rings. The molecule has 1 amide bonds. The zero-order valence-corrected chi connectivity index (χ0v) is 17.4. The first-order chi connectivity index (χ1) is 13.6. The van der Waals surface area contributed by atoms with Crippen molar-refractivity contribution in [2.75, 3.05) is 13.1 Å². The molecule has 0 radical (unpaired) electrons. The van der Waals surface area contributed by atoms with Crippen LogP contribution in [0.2, 0.25) is 5.02 Å². The highest BCUT2D eigenvalue weighted by Crippen LogP contribution is 2.30. The van der Waals surface area contributed by atoms with Gasteiger partial charge in [-0.25, -0.2) is 0 Å². The Kier molecular flexibility index (Phi) is 5.45. The van der Waals surface area contributed by atoms with E-state index in [2.05, 4.69) is 41.8 Å². The van der Waals surface area contributed by atoms with Gasteiger partial charge in [-0.05, 0) is 68.4 Å². The molecule has 0 saturated carbocycles. The van der Waals surface area contributed by atoms with Gasteiger partial charge in [0, 0.05) is 35.6 Å². The van der Waals surface area contributed by atoms with Crippen molar-refractivity contribution in [2.45, 2.75) is 39.7 Å². The van der Waals surface area contributed by atoms with Crippen LogP contribution in [0.15, 0.2) is 48.5 Å². The van der Waals surface area contributed by atoms with Crippen LogP contribution in [-0.2, 0) is 13.0 Å². The number of aromatic nitrogens is 1. The highest BCUT2D eigenvalue weighted by atomic mass is 35.5. The number of nitrogens with zero attached hydrogens (tertiary/aromatic N) is 2. The van der Waals surface area contributed by atoms with E-state index in [0.717, 1.165) is 61.1 Å². The maximum absolute atomic E-state index is 13.4. The van der Waals surface area contributed by atoms with Crippen molar-refractivity contribution in [3.8, 4) is 0 Å². The lowest BCUT2D eigenvalue weighted by atomic mass is 9.90. The number of amides is 1. The monoisotopic (exact) mass is 394 g/mol. The van der Waals surface area contributed by atoms with E-state index in [1.807, 2.05) is 30.0 Å². The van der Waals surface area contributed by atoms with Crippen LogP contribution < -0.4 is 0 Å². The fourth-order valence-corrected chi connectivity index (χ4v) is 4.71. The van der Waals surface area contributed by atoms with Gasteiger partial charge in [-0.2, -0.15) is 0 Å². The summed E-state index contributed by atoms with van der Waals surface area (Å²) < 4.78 is 2.14. The molecule has 0 atom stereocenters. The highest BCUT2D eigenvalue weighted by molar-refractivity contribution is 6.31. The van der Waals surface area contributed by atoms with Crippen LogP contribution in [0.3, 0.4) is 0 Å². The van der Waals surface area contributed by atoms with Gasteiger partial charge in [-0.1, -0.05) is 41.9 Å². The number of carbonyl (C=O) groups excluding carboxylic acids is 1. The Balaban J connectivity index is 1.52. The van der Waals surface area contributed by atoms with E-state index < -0.39 is 0 Å². The summed E-state index contributed by atoms with van der Waals surface area (Å²) in [6, 6.07) is 16.6. The molecule has 1 saturated heterocycles. The second-order valence-corrected chi connectivity index (χ2v) is 8.24. The van der Waals surface area contributed by atoms with Crippen LogP contribution in [-0.4, -0.2) is 28.5 Å². The molecular formula is C24H27ClN2O. The fraction of sp³-hybridized carbons (Fsp3) is 0.375. The first-order valence-electron chi connectivity index (χ1n) is 10.2. The SMILES string of the molecule is CCn1c(C(=O)N2CCC(Cc3ccccc3)CC2)c(C)c2cc(Cl)ccc21. The van der Waals surface area contributed by atoms with Crippen LogP contribution in [0.25, 0.3) is 10.9 Å². The van der Waals surface area contributed by atoms with Crippen molar-refractivity contribution in [1.29, 1.82) is 0 Å². The first kappa shape index (κ1) is 19.1. The molecular weight excluding hydrogens is 368 g/mol. The van der Waals surface area contributed by atoms with Gasteiger partial charge < -0.3 is 9.47 Å². The topological polar surface area (TPSA) is 25.2 Å². The molecule has 0 bridgehead atoms. The first-order valence-corrected chi connectivity index (χ1v) is 10.6. The minimum Gasteiger partial charge on any atom is -0.337 e. The van der Waals surface area contributed by atoms with Crippen LogP contribution in [0.4, 0.5) is 0 Å². The largest absolute Gasteiger partial charge is 0.337 e. The fourth-order valence-electron chi connectivity index (χ4n) is 4.54. The number of hydrogen-bond donors (Lipinski definition) is 0. The van der Waals surface area contributed by atoms with Crippen molar-refractivity contribution in [3.05, 3.63) is 70.4 Å². The molecule has 4 rings (SSSR count). The predicted octanol–water partition coefficient (Wildman–Crippen LogP) is 5.72. The number of carbonyl (C=O) groups is 1. The second-order valence-electron chi connectivity index (χ2n) is 7.80. The molecule has 1 aliphatic heterocycles. The van der Waals surface area contributed by atoms with Crippen molar-refractivity contribution < 1.29 is 4.79 Å². The zero-order chi connectivity index (χ0) is 19.7. The number of likely N-dealkylation sites (tertiary alicyclic amines) is 1. The Morgan fingerprint density at radius 2 is 1.82 bits per heavy atom. The second kappa shape index (κ2) is 8.00. The van der Waals surface area contributed by atoms with Gasteiger partial charge in [-0.3, -0.25) is 4.79 Å². The Labute approximate surface area is 171 Å². The molecule has 1 aromatic heterocycles. The van der Waals surface area contributed by atoms with Crippen molar-refractivity contribution >= 4 is 28.4 Å². The quantitative estimate of drug-likeness (QED) is 0.555. The predicted molar refractivity (Wildman–Crippen MR) is 116 cm³/mol. The lowest BCUT2D eigenvalue weighted by Gasteiger charge is -2.32. The van der Waals surface area contributed by atoms with Crippen molar-refractivity contribution in [1.82, 2.24) is 9.47 Å². The van der Waals surface area contributed by atoms with Gasteiger partial charge in [-0.15, -0.1) is 0 Å². The Bertz CT molecular complexity index is 985. The van der Waals surface area contributed by atoms with Crippen LogP contribution in [0.1, 0.15) is 41.4 Å².